The number of imidazole rings is 1. The maximum absolute atomic E-state index is 13.7. The summed E-state index contributed by atoms with van der Waals surface area (Å²) in [5, 5.41) is 0.485. The topological polar surface area (TPSA) is 47.2 Å². The fourth-order valence-corrected chi connectivity index (χ4v) is 1.87. The van der Waals surface area contributed by atoms with Crippen molar-refractivity contribution in [2.24, 2.45) is 4.99 Å². The van der Waals surface area contributed by atoms with Crippen molar-refractivity contribution in [1.82, 2.24) is 9.55 Å². The van der Waals surface area contributed by atoms with Crippen LogP contribution in [0.2, 0.25) is 0 Å². The average Bonchev–Trinajstić information content (AvgIpc) is 2.92. The molecule has 1 atom stereocenters. The fraction of sp³-hybridized carbons (Fsp3) is 0.471. The number of carbonyl (C=O) groups excluding carboxylic acids is 1. The Labute approximate surface area is 142 Å². The van der Waals surface area contributed by atoms with Gasteiger partial charge in [0.1, 0.15) is 17.7 Å². The minimum Gasteiger partial charge on any atom is -0.328 e. The first kappa shape index (κ1) is 21.2. The monoisotopic (exact) mass is 341 g/mol. The van der Waals surface area contributed by atoms with Gasteiger partial charge in [0.25, 0.3) is 0 Å². The van der Waals surface area contributed by atoms with E-state index in [0.29, 0.717) is 22.7 Å². The summed E-state index contributed by atoms with van der Waals surface area (Å²) in [7, 11) is 0. The lowest BCUT2D eigenvalue weighted by Gasteiger charge is -2.10. The van der Waals surface area contributed by atoms with Gasteiger partial charge >= 0.3 is 0 Å². The molecule has 0 aliphatic heterocycles. The zero-order valence-electron chi connectivity index (χ0n) is 14.1. The molecule has 1 aromatic rings. The fourth-order valence-electron chi connectivity index (χ4n) is 1.82. The van der Waals surface area contributed by atoms with Crippen molar-refractivity contribution in [2.45, 2.75) is 52.8 Å². The number of alkyl halides is 1. The number of hydrogen-bond donors (Lipinski definition) is 0. The third kappa shape index (κ3) is 7.88. The first-order valence-electron chi connectivity index (χ1n) is 7.52. The Morgan fingerprint density at radius 1 is 1.57 bits per heavy atom. The summed E-state index contributed by atoms with van der Waals surface area (Å²) in [6.45, 7) is 11.5. The highest BCUT2D eigenvalue weighted by Crippen LogP contribution is 2.10. The number of aryl methyl sites for hydroxylation is 1. The third-order valence-corrected chi connectivity index (χ3v) is 3.05. The predicted octanol–water partition coefficient (Wildman–Crippen LogP) is 4.74. The minimum absolute atomic E-state index is 0.262. The van der Waals surface area contributed by atoms with Gasteiger partial charge in [-0.3, -0.25) is 9.79 Å². The van der Waals surface area contributed by atoms with E-state index in [1.54, 1.807) is 17.7 Å². The van der Waals surface area contributed by atoms with Crippen molar-refractivity contribution in [3.05, 3.63) is 42.1 Å². The van der Waals surface area contributed by atoms with Crippen molar-refractivity contribution in [3.63, 3.8) is 0 Å². The zero-order valence-corrected chi connectivity index (χ0v) is 14.8. The maximum atomic E-state index is 13.7. The Kier molecular flexibility index (Phi) is 10.9. The molecule has 6 heteroatoms. The second-order valence-corrected chi connectivity index (χ2v) is 5.48. The predicted molar refractivity (Wildman–Crippen MR) is 95.1 cm³/mol. The number of aliphatic imine (C=N–C) groups is 1. The van der Waals surface area contributed by atoms with Crippen molar-refractivity contribution in [2.75, 3.05) is 0 Å². The molecule has 0 spiro atoms. The first-order valence-corrected chi connectivity index (χ1v) is 7.89. The van der Waals surface area contributed by atoms with Crippen molar-refractivity contribution in [1.29, 1.82) is 0 Å². The highest BCUT2D eigenvalue weighted by molar-refractivity contribution is 6.29. The molecular formula is C17H25ClFN3O. The maximum Gasteiger partial charge on any atom is 0.170 e. The van der Waals surface area contributed by atoms with Gasteiger partial charge in [-0.15, -0.1) is 13.2 Å². The van der Waals surface area contributed by atoms with Crippen LogP contribution < -0.4 is 0 Å². The summed E-state index contributed by atoms with van der Waals surface area (Å²) in [6, 6.07) is 0. The van der Waals surface area contributed by atoms with Gasteiger partial charge in [-0.05, 0) is 20.3 Å². The van der Waals surface area contributed by atoms with E-state index in [1.807, 2.05) is 0 Å². The van der Waals surface area contributed by atoms with Gasteiger partial charge in [0.05, 0.1) is 12.3 Å². The Bertz CT molecular complexity index is 546. The molecule has 0 saturated heterocycles. The zero-order chi connectivity index (χ0) is 17.8. The molecule has 0 saturated carbocycles. The van der Waals surface area contributed by atoms with Crippen LogP contribution in [0.25, 0.3) is 0 Å². The molecule has 1 aromatic heterocycles. The molecule has 0 N–H and O–H groups in total. The van der Waals surface area contributed by atoms with Crippen LogP contribution in [-0.2, 0) is 13.0 Å². The van der Waals surface area contributed by atoms with Gasteiger partial charge in [0, 0.05) is 23.8 Å². The van der Waals surface area contributed by atoms with Crippen LogP contribution in [0.1, 0.15) is 49.9 Å². The number of nitrogens with zero attached hydrogens (tertiary/aromatic N) is 3. The molecule has 0 aliphatic rings. The standard InChI is InChI=1S/C15H21ClFN3O.C2H4/c1-4-5-6-15-19-13(10-21)8-20(15)9-14(12(3)17)18-7-11(2)16;1-2/h7-8,10,12H,4-6,9H2,1-3H3;1-2H2/b11-7+,18-14?;. The molecule has 0 amide bonds. The van der Waals surface area contributed by atoms with Crippen LogP contribution in [-0.4, -0.2) is 27.7 Å². The number of unbranched alkanes of at least 4 members (excludes halogenated alkanes) is 1. The van der Waals surface area contributed by atoms with E-state index in [2.05, 4.69) is 30.1 Å². The number of aromatic nitrogens is 2. The van der Waals surface area contributed by atoms with Crippen LogP contribution >= 0.6 is 11.6 Å². The van der Waals surface area contributed by atoms with E-state index < -0.39 is 6.17 Å². The Hall–Kier alpha value is -1.75. The van der Waals surface area contributed by atoms with E-state index in [1.165, 1.54) is 13.1 Å². The molecule has 0 aromatic carbocycles. The van der Waals surface area contributed by atoms with Crippen LogP contribution in [0.15, 0.2) is 35.6 Å². The van der Waals surface area contributed by atoms with Crippen LogP contribution in [0.4, 0.5) is 4.39 Å². The molecule has 128 valence electrons. The highest BCUT2D eigenvalue weighted by atomic mass is 35.5. The lowest BCUT2D eigenvalue weighted by Crippen LogP contribution is -2.20. The Morgan fingerprint density at radius 3 is 2.70 bits per heavy atom. The van der Waals surface area contributed by atoms with Crippen LogP contribution in [0.5, 0.6) is 0 Å². The summed E-state index contributed by atoms with van der Waals surface area (Å²) in [5.41, 5.74) is 0.707. The smallest absolute Gasteiger partial charge is 0.170 e. The minimum atomic E-state index is -1.20. The molecule has 0 aliphatic carbocycles. The summed E-state index contributed by atoms with van der Waals surface area (Å²) in [4.78, 5) is 19.2. The normalized spacial score (nSPS) is 13.3. The number of allylic oxidation sites excluding steroid dienone is 1. The number of rotatable bonds is 8. The highest BCUT2D eigenvalue weighted by Gasteiger charge is 2.13. The second kappa shape index (κ2) is 11.8. The summed E-state index contributed by atoms with van der Waals surface area (Å²) in [6.07, 6.45) is 5.31. The Morgan fingerprint density at radius 2 is 2.22 bits per heavy atom. The number of halogens is 2. The molecule has 1 heterocycles. The third-order valence-electron chi connectivity index (χ3n) is 2.95. The number of hydrogen-bond acceptors (Lipinski definition) is 3. The van der Waals surface area contributed by atoms with E-state index in [0.717, 1.165) is 25.1 Å². The van der Waals surface area contributed by atoms with Crippen LogP contribution in [0.3, 0.4) is 0 Å². The summed E-state index contributed by atoms with van der Waals surface area (Å²) >= 11 is 5.72. The van der Waals surface area contributed by atoms with Gasteiger partial charge in [-0.25, -0.2) is 9.37 Å². The molecule has 1 rings (SSSR count). The SMILES string of the molecule is C=C.CCCCc1nc(C=O)cn1CC(=N/C=C(\C)Cl)C(C)F. The lowest BCUT2D eigenvalue weighted by molar-refractivity contribution is 0.111. The molecule has 23 heavy (non-hydrogen) atoms. The van der Waals surface area contributed by atoms with Gasteiger partial charge in [-0.2, -0.15) is 0 Å². The van der Waals surface area contributed by atoms with E-state index in [-0.39, 0.29) is 6.54 Å². The quantitative estimate of drug-likeness (QED) is 0.389. The van der Waals surface area contributed by atoms with Crippen molar-refractivity contribution in [3.8, 4) is 0 Å². The van der Waals surface area contributed by atoms with E-state index >= 15 is 0 Å². The van der Waals surface area contributed by atoms with Crippen molar-refractivity contribution >= 4 is 23.6 Å². The van der Waals surface area contributed by atoms with Gasteiger partial charge < -0.3 is 4.57 Å². The molecular weight excluding hydrogens is 317 g/mol. The van der Waals surface area contributed by atoms with E-state index in [9.17, 15) is 9.18 Å². The Balaban J connectivity index is 0.00000232. The average molecular weight is 342 g/mol. The lowest BCUT2D eigenvalue weighted by atomic mass is 10.2. The van der Waals surface area contributed by atoms with Gasteiger partial charge in [-0.1, -0.05) is 24.9 Å². The van der Waals surface area contributed by atoms with E-state index in [4.69, 9.17) is 11.6 Å². The van der Waals surface area contributed by atoms with Crippen LogP contribution in [0, 0.1) is 0 Å². The molecule has 4 nitrogen and oxygen atoms in total. The van der Waals surface area contributed by atoms with Crippen molar-refractivity contribution < 1.29 is 9.18 Å². The summed E-state index contributed by atoms with van der Waals surface area (Å²) in [5.74, 6) is 0.777. The molecule has 0 radical (unpaired) electrons. The molecule has 0 fully saturated rings. The second-order valence-electron chi connectivity index (χ2n) is 4.88. The molecule has 0 bridgehead atoms. The van der Waals surface area contributed by atoms with Gasteiger partial charge in [0.15, 0.2) is 6.29 Å². The largest absolute Gasteiger partial charge is 0.328 e. The number of carbonyl (C=O) groups is 1. The summed E-state index contributed by atoms with van der Waals surface area (Å²) < 4.78 is 15.5. The first-order chi connectivity index (χ1) is 11.0. The number of aldehydes is 1. The molecule has 1 unspecified atom stereocenters. The van der Waals surface area contributed by atoms with Gasteiger partial charge in [0.2, 0.25) is 0 Å².